The number of methoxy groups -OCH3 is 1. The summed E-state index contributed by atoms with van der Waals surface area (Å²) in [5.41, 5.74) is 2.07. The van der Waals surface area contributed by atoms with Crippen molar-refractivity contribution in [3.8, 4) is 11.5 Å². The van der Waals surface area contributed by atoms with E-state index in [2.05, 4.69) is 17.0 Å². The van der Waals surface area contributed by atoms with E-state index in [1.54, 1.807) is 13.2 Å². The second-order valence-electron chi connectivity index (χ2n) is 5.20. The van der Waals surface area contributed by atoms with E-state index in [1.165, 1.54) is 5.56 Å². The number of para-hydroxylation sites is 1. The minimum atomic E-state index is 0.0967. The Morgan fingerprint density at radius 1 is 1.00 bits per heavy atom. The molecule has 0 spiro atoms. The Hall–Kier alpha value is -2.04. The highest BCUT2D eigenvalue weighted by Crippen LogP contribution is 2.30. The van der Waals surface area contributed by atoms with Gasteiger partial charge >= 0.3 is 0 Å². The summed E-state index contributed by atoms with van der Waals surface area (Å²) in [5, 5.41) is 19.4. The fraction of sp³-hybridized carbons (Fsp3) is 0.333. The van der Waals surface area contributed by atoms with Crippen LogP contribution in [0.25, 0.3) is 0 Å². The number of benzene rings is 2. The zero-order valence-electron chi connectivity index (χ0n) is 12.9. The molecule has 2 rings (SSSR count). The second-order valence-corrected chi connectivity index (χ2v) is 5.20. The van der Waals surface area contributed by atoms with Gasteiger partial charge in [-0.25, -0.2) is 0 Å². The van der Waals surface area contributed by atoms with Gasteiger partial charge in [-0.15, -0.1) is 0 Å². The van der Waals surface area contributed by atoms with Gasteiger partial charge in [0.1, 0.15) is 0 Å². The highest BCUT2D eigenvalue weighted by Gasteiger charge is 2.12. The average molecular weight is 301 g/mol. The smallest absolute Gasteiger partial charge is 0.162 e. The van der Waals surface area contributed by atoms with Gasteiger partial charge in [0.25, 0.3) is 0 Å². The van der Waals surface area contributed by atoms with Gasteiger partial charge in [-0.2, -0.15) is 0 Å². The molecule has 2 N–H and O–H groups in total. The number of ether oxygens (including phenoxy) is 1. The van der Waals surface area contributed by atoms with Crippen LogP contribution in [0, 0.1) is 0 Å². The summed E-state index contributed by atoms with van der Waals surface area (Å²) in [5.74, 6) is 0.650. The monoisotopic (exact) mass is 301 g/mol. The number of hydrogen-bond acceptors (Lipinski definition) is 4. The molecule has 0 atom stereocenters. The van der Waals surface area contributed by atoms with Gasteiger partial charge < -0.3 is 14.9 Å². The summed E-state index contributed by atoms with van der Waals surface area (Å²) >= 11 is 0. The number of phenols is 1. The summed E-state index contributed by atoms with van der Waals surface area (Å²) in [6, 6.07) is 15.7. The number of aromatic hydroxyl groups is 1. The lowest BCUT2D eigenvalue weighted by atomic mass is 10.1. The van der Waals surface area contributed by atoms with E-state index in [1.807, 2.05) is 30.3 Å². The predicted molar refractivity (Wildman–Crippen MR) is 87.2 cm³/mol. The molecule has 0 aliphatic rings. The zero-order chi connectivity index (χ0) is 15.8. The van der Waals surface area contributed by atoms with Crippen LogP contribution in [0.1, 0.15) is 11.1 Å². The van der Waals surface area contributed by atoms with E-state index >= 15 is 0 Å². The third-order valence-electron chi connectivity index (χ3n) is 3.67. The molecule has 22 heavy (non-hydrogen) atoms. The normalized spacial score (nSPS) is 10.9. The lowest BCUT2D eigenvalue weighted by Gasteiger charge is -2.22. The van der Waals surface area contributed by atoms with Crippen molar-refractivity contribution in [3.63, 3.8) is 0 Å². The van der Waals surface area contributed by atoms with Crippen molar-refractivity contribution >= 4 is 0 Å². The fourth-order valence-corrected chi connectivity index (χ4v) is 2.44. The van der Waals surface area contributed by atoms with E-state index < -0.39 is 0 Å². The Morgan fingerprint density at radius 2 is 1.77 bits per heavy atom. The van der Waals surface area contributed by atoms with E-state index in [-0.39, 0.29) is 12.4 Å². The molecule has 2 aromatic carbocycles. The number of rotatable bonds is 8. The summed E-state index contributed by atoms with van der Waals surface area (Å²) in [6.07, 6.45) is 0.908. The Balaban J connectivity index is 2.02. The first-order valence-electron chi connectivity index (χ1n) is 7.46. The largest absolute Gasteiger partial charge is 0.504 e. The molecular formula is C18H23NO3. The quantitative estimate of drug-likeness (QED) is 0.786. The van der Waals surface area contributed by atoms with Crippen LogP contribution in [0.3, 0.4) is 0 Å². The molecule has 0 aliphatic heterocycles. The van der Waals surface area contributed by atoms with Crippen LogP contribution in [-0.4, -0.2) is 41.9 Å². The molecule has 4 heteroatoms. The van der Waals surface area contributed by atoms with Gasteiger partial charge in [-0.05, 0) is 18.1 Å². The van der Waals surface area contributed by atoms with Gasteiger partial charge in [0, 0.05) is 25.2 Å². The zero-order valence-corrected chi connectivity index (χ0v) is 12.9. The first-order chi connectivity index (χ1) is 10.7. The van der Waals surface area contributed by atoms with Crippen molar-refractivity contribution in [2.45, 2.75) is 13.0 Å². The topological polar surface area (TPSA) is 52.9 Å². The molecule has 0 fully saturated rings. The van der Waals surface area contributed by atoms with Gasteiger partial charge in [-0.1, -0.05) is 42.5 Å². The number of phenolic OH excluding ortho intramolecular Hbond substituents is 1. The van der Waals surface area contributed by atoms with E-state index in [4.69, 9.17) is 4.74 Å². The maximum Gasteiger partial charge on any atom is 0.162 e. The molecule has 0 aliphatic carbocycles. The van der Waals surface area contributed by atoms with Crippen molar-refractivity contribution in [1.29, 1.82) is 0 Å². The Bertz CT molecular complexity index is 572. The number of hydrogen-bond donors (Lipinski definition) is 2. The summed E-state index contributed by atoms with van der Waals surface area (Å²) in [6.45, 7) is 2.07. The molecule has 118 valence electrons. The van der Waals surface area contributed by atoms with E-state index in [0.29, 0.717) is 18.8 Å². The highest BCUT2D eigenvalue weighted by molar-refractivity contribution is 5.45. The van der Waals surface area contributed by atoms with Gasteiger partial charge in [0.2, 0.25) is 0 Å². The van der Waals surface area contributed by atoms with Crippen LogP contribution >= 0.6 is 0 Å². The lowest BCUT2D eigenvalue weighted by Crippen LogP contribution is -2.28. The molecule has 0 unspecified atom stereocenters. The van der Waals surface area contributed by atoms with Crippen LogP contribution in [-0.2, 0) is 13.0 Å². The van der Waals surface area contributed by atoms with Crippen LogP contribution < -0.4 is 4.74 Å². The number of aliphatic hydroxyl groups is 1. The number of nitrogens with zero attached hydrogens (tertiary/aromatic N) is 1. The third kappa shape index (κ3) is 4.48. The maximum absolute atomic E-state index is 10.2. The lowest BCUT2D eigenvalue weighted by molar-refractivity contribution is 0.190. The summed E-state index contributed by atoms with van der Waals surface area (Å²) in [4.78, 5) is 2.13. The van der Waals surface area contributed by atoms with Crippen molar-refractivity contribution in [2.75, 3.05) is 26.8 Å². The van der Waals surface area contributed by atoms with Crippen LogP contribution in [0.4, 0.5) is 0 Å². The van der Waals surface area contributed by atoms with Crippen LogP contribution in [0.5, 0.6) is 11.5 Å². The molecule has 0 amide bonds. The molecule has 0 heterocycles. The molecule has 2 aromatic rings. The maximum atomic E-state index is 10.2. The Morgan fingerprint density at radius 3 is 2.45 bits per heavy atom. The molecule has 4 nitrogen and oxygen atoms in total. The van der Waals surface area contributed by atoms with Gasteiger partial charge in [0.05, 0.1) is 13.7 Å². The molecule has 0 saturated heterocycles. The molecule has 0 bridgehead atoms. The first-order valence-corrected chi connectivity index (χ1v) is 7.46. The molecule has 0 saturated carbocycles. The minimum Gasteiger partial charge on any atom is -0.504 e. The van der Waals surface area contributed by atoms with Gasteiger partial charge in [0.15, 0.2) is 11.5 Å². The molecule has 0 aromatic heterocycles. The second kappa shape index (κ2) is 8.41. The van der Waals surface area contributed by atoms with Crippen molar-refractivity contribution < 1.29 is 14.9 Å². The van der Waals surface area contributed by atoms with Crippen molar-refractivity contribution in [3.05, 3.63) is 59.7 Å². The predicted octanol–water partition coefficient (Wildman–Crippen LogP) is 2.44. The fourth-order valence-electron chi connectivity index (χ4n) is 2.44. The Kier molecular flexibility index (Phi) is 6.25. The average Bonchev–Trinajstić information content (AvgIpc) is 2.55. The standard InChI is InChI=1S/C18H23NO3/c1-22-17-9-5-8-16(18(17)21)14-19(12-13-20)11-10-15-6-3-2-4-7-15/h2-9,20-21H,10-14H2,1H3. The van der Waals surface area contributed by atoms with Crippen molar-refractivity contribution in [1.82, 2.24) is 4.90 Å². The number of aliphatic hydroxyl groups excluding tert-OH is 1. The van der Waals surface area contributed by atoms with E-state index in [9.17, 15) is 10.2 Å². The third-order valence-corrected chi connectivity index (χ3v) is 3.67. The van der Waals surface area contributed by atoms with Crippen molar-refractivity contribution in [2.24, 2.45) is 0 Å². The van der Waals surface area contributed by atoms with E-state index in [0.717, 1.165) is 18.5 Å². The summed E-state index contributed by atoms with van der Waals surface area (Å²) in [7, 11) is 1.54. The van der Waals surface area contributed by atoms with Gasteiger partial charge in [-0.3, -0.25) is 4.90 Å². The summed E-state index contributed by atoms with van der Waals surface area (Å²) < 4.78 is 5.14. The van der Waals surface area contributed by atoms with Crippen LogP contribution in [0.15, 0.2) is 48.5 Å². The first kappa shape index (κ1) is 16.3. The van der Waals surface area contributed by atoms with Crippen LogP contribution in [0.2, 0.25) is 0 Å². The minimum absolute atomic E-state index is 0.0967. The SMILES string of the molecule is COc1cccc(CN(CCO)CCc2ccccc2)c1O. The molecular weight excluding hydrogens is 278 g/mol. The Labute approximate surface area is 131 Å². The highest BCUT2D eigenvalue weighted by atomic mass is 16.5. The molecule has 0 radical (unpaired) electrons.